The first-order valence-electron chi connectivity index (χ1n) is 7.70. The Labute approximate surface area is 125 Å². The van der Waals surface area contributed by atoms with Gasteiger partial charge in [0.25, 0.3) is 0 Å². The molecule has 2 atom stereocenters. The van der Waals surface area contributed by atoms with E-state index in [0.717, 1.165) is 38.3 Å². The average Bonchev–Trinajstić information content (AvgIpc) is 2.97. The number of hydrogen-bond donors (Lipinski definition) is 1. The number of aromatic nitrogens is 2. The van der Waals surface area contributed by atoms with Gasteiger partial charge in [-0.25, -0.2) is 4.98 Å². The van der Waals surface area contributed by atoms with E-state index in [1.165, 1.54) is 12.0 Å². The fourth-order valence-electron chi connectivity index (χ4n) is 2.99. The molecule has 3 rings (SSSR count). The molecule has 4 heteroatoms. The van der Waals surface area contributed by atoms with E-state index in [0.29, 0.717) is 5.92 Å². The normalized spacial score (nSPS) is 20.3. The summed E-state index contributed by atoms with van der Waals surface area (Å²) in [7, 11) is 0. The Bertz CT molecular complexity index is 546. The summed E-state index contributed by atoms with van der Waals surface area (Å²) >= 11 is 0. The van der Waals surface area contributed by atoms with Crippen LogP contribution in [0.5, 0.6) is 0 Å². The minimum absolute atomic E-state index is 0.0144. The van der Waals surface area contributed by atoms with Crippen LogP contribution in [0.3, 0.4) is 0 Å². The highest BCUT2D eigenvalue weighted by molar-refractivity contribution is 5.18. The Kier molecular flexibility index (Phi) is 4.68. The molecule has 1 aromatic heterocycles. The molecule has 2 heterocycles. The van der Waals surface area contributed by atoms with Crippen molar-refractivity contribution in [2.75, 3.05) is 13.2 Å². The van der Waals surface area contributed by atoms with Crippen LogP contribution >= 0.6 is 0 Å². The molecule has 1 saturated heterocycles. The summed E-state index contributed by atoms with van der Waals surface area (Å²) in [6.07, 6.45) is 7.02. The van der Waals surface area contributed by atoms with Gasteiger partial charge in [-0.05, 0) is 24.8 Å². The summed E-state index contributed by atoms with van der Waals surface area (Å²) < 4.78 is 7.76. The zero-order chi connectivity index (χ0) is 14.5. The smallest absolute Gasteiger partial charge is 0.0948 e. The second-order valence-electron chi connectivity index (χ2n) is 5.85. The van der Waals surface area contributed by atoms with Crippen LogP contribution in [0.2, 0.25) is 0 Å². The quantitative estimate of drug-likeness (QED) is 0.918. The van der Waals surface area contributed by atoms with E-state index in [1.807, 2.05) is 18.6 Å². The first-order valence-corrected chi connectivity index (χ1v) is 7.70. The first kappa shape index (κ1) is 14.3. The molecule has 1 aliphatic rings. The maximum Gasteiger partial charge on any atom is 0.0948 e. The predicted octanol–water partition coefficient (Wildman–Crippen LogP) is 2.55. The van der Waals surface area contributed by atoms with Crippen molar-refractivity contribution in [3.63, 3.8) is 0 Å². The molecule has 0 bridgehead atoms. The van der Waals surface area contributed by atoms with E-state index in [2.05, 4.69) is 33.8 Å². The molecule has 2 aromatic rings. The summed E-state index contributed by atoms with van der Waals surface area (Å²) in [5.74, 6) is 0.579. The molecule has 0 aliphatic carbocycles. The van der Waals surface area contributed by atoms with Crippen LogP contribution in [0.4, 0.5) is 0 Å². The standard InChI is InChI=1S/C17H23N3O/c18-16(9-14-5-2-1-3-6-14)17-10-19-13-20(17)11-15-7-4-8-21-12-15/h1-3,5-6,10,13,15-16H,4,7-9,11-12,18H2/t15?,16-/m1/s1. The fraction of sp³-hybridized carbons (Fsp3) is 0.471. The van der Waals surface area contributed by atoms with Gasteiger partial charge in [0, 0.05) is 25.3 Å². The van der Waals surface area contributed by atoms with Gasteiger partial charge >= 0.3 is 0 Å². The van der Waals surface area contributed by atoms with Crippen molar-refractivity contribution < 1.29 is 4.74 Å². The molecule has 2 N–H and O–H groups in total. The minimum Gasteiger partial charge on any atom is -0.381 e. The summed E-state index contributed by atoms with van der Waals surface area (Å²) in [6, 6.07) is 10.4. The Hall–Kier alpha value is -1.65. The second kappa shape index (κ2) is 6.87. The maximum atomic E-state index is 6.39. The van der Waals surface area contributed by atoms with Gasteiger partial charge in [-0.1, -0.05) is 30.3 Å². The summed E-state index contributed by atoms with van der Waals surface area (Å²) in [4.78, 5) is 4.29. The molecule has 1 unspecified atom stereocenters. The molecule has 1 aromatic carbocycles. The van der Waals surface area contributed by atoms with Gasteiger partial charge in [-0.15, -0.1) is 0 Å². The highest BCUT2D eigenvalue weighted by atomic mass is 16.5. The fourth-order valence-corrected chi connectivity index (χ4v) is 2.99. The largest absolute Gasteiger partial charge is 0.381 e. The van der Waals surface area contributed by atoms with Crippen molar-refractivity contribution in [2.45, 2.75) is 31.8 Å². The molecule has 1 fully saturated rings. The van der Waals surface area contributed by atoms with Gasteiger partial charge in [0.1, 0.15) is 0 Å². The van der Waals surface area contributed by atoms with E-state index < -0.39 is 0 Å². The lowest BCUT2D eigenvalue weighted by atomic mass is 10.0. The third-order valence-corrected chi connectivity index (χ3v) is 4.13. The van der Waals surface area contributed by atoms with E-state index in [-0.39, 0.29) is 6.04 Å². The lowest BCUT2D eigenvalue weighted by molar-refractivity contribution is 0.0480. The molecule has 0 radical (unpaired) electrons. The van der Waals surface area contributed by atoms with Gasteiger partial charge in [-0.3, -0.25) is 0 Å². The van der Waals surface area contributed by atoms with Gasteiger partial charge in [-0.2, -0.15) is 0 Å². The highest BCUT2D eigenvalue weighted by Gasteiger charge is 2.18. The number of imidazole rings is 1. The average molecular weight is 285 g/mol. The van der Waals surface area contributed by atoms with Crippen molar-refractivity contribution in [1.82, 2.24) is 9.55 Å². The van der Waals surface area contributed by atoms with Crippen molar-refractivity contribution >= 4 is 0 Å². The van der Waals surface area contributed by atoms with Crippen LogP contribution in [0, 0.1) is 5.92 Å². The molecular weight excluding hydrogens is 262 g/mol. The van der Waals surface area contributed by atoms with Gasteiger partial charge in [0.05, 0.1) is 24.7 Å². The number of nitrogens with zero attached hydrogens (tertiary/aromatic N) is 2. The van der Waals surface area contributed by atoms with Crippen LogP contribution in [0.1, 0.15) is 30.1 Å². The molecule has 4 nitrogen and oxygen atoms in total. The summed E-state index contributed by atoms with van der Waals surface area (Å²) in [5.41, 5.74) is 8.76. The topological polar surface area (TPSA) is 53.1 Å². The monoisotopic (exact) mass is 285 g/mol. The van der Waals surface area contributed by atoms with Crippen LogP contribution < -0.4 is 5.73 Å². The van der Waals surface area contributed by atoms with Gasteiger partial charge in [0.15, 0.2) is 0 Å². The molecule has 0 saturated carbocycles. The molecule has 0 amide bonds. The summed E-state index contributed by atoms with van der Waals surface area (Å²) in [5, 5.41) is 0. The third-order valence-electron chi connectivity index (χ3n) is 4.13. The van der Waals surface area contributed by atoms with Crippen molar-refractivity contribution in [1.29, 1.82) is 0 Å². The third kappa shape index (κ3) is 3.71. The van der Waals surface area contributed by atoms with Gasteiger partial charge in [0.2, 0.25) is 0 Å². The molecule has 112 valence electrons. The van der Waals surface area contributed by atoms with E-state index in [4.69, 9.17) is 10.5 Å². The number of benzene rings is 1. The van der Waals surface area contributed by atoms with E-state index in [9.17, 15) is 0 Å². The van der Waals surface area contributed by atoms with E-state index in [1.54, 1.807) is 0 Å². The number of hydrogen-bond acceptors (Lipinski definition) is 3. The Balaban J connectivity index is 1.66. The lowest BCUT2D eigenvalue weighted by Crippen LogP contribution is -2.24. The zero-order valence-corrected chi connectivity index (χ0v) is 12.3. The predicted molar refractivity (Wildman–Crippen MR) is 82.8 cm³/mol. The van der Waals surface area contributed by atoms with Crippen molar-refractivity contribution in [3.8, 4) is 0 Å². The van der Waals surface area contributed by atoms with Crippen LogP contribution in [-0.2, 0) is 17.7 Å². The Morgan fingerprint density at radius 3 is 2.95 bits per heavy atom. The first-order chi connectivity index (χ1) is 10.3. The molecule has 1 aliphatic heterocycles. The minimum atomic E-state index is -0.0144. The molecule has 0 spiro atoms. The molecule has 21 heavy (non-hydrogen) atoms. The second-order valence-corrected chi connectivity index (χ2v) is 5.85. The van der Waals surface area contributed by atoms with Crippen molar-refractivity contribution in [2.24, 2.45) is 11.7 Å². The number of nitrogens with two attached hydrogens (primary N) is 1. The SMILES string of the molecule is N[C@H](Cc1ccccc1)c1cncn1CC1CCCOC1. The van der Waals surface area contributed by atoms with Gasteiger partial charge < -0.3 is 15.0 Å². The molecular formula is C17H23N3O. The Morgan fingerprint density at radius 2 is 2.19 bits per heavy atom. The van der Waals surface area contributed by atoms with Crippen LogP contribution in [0.15, 0.2) is 42.9 Å². The van der Waals surface area contributed by atoms with E-state index >= 15 is 0 Å². The Morgan fingerprint density at radius 1 is 1.33 bits per heavy atom. The highest BCUT2D eigenvalue weighted by Crippen LogP contribution is 2.20. The lowest BCUT2D eigenvalue weighted by Gasteiger charge is -2.24. The van der Waals surface area contributed by atoms with Crippen LogP contribution in [-0.4, -0.2) is 22.8 Å². The van der Waals surface area contributed by atoms with Crippen molar-refractivity contribution in [3.05, 3.63) is 54.1 Å². The maximum absolute atomic E-state index is 6.39. The summed E-state index contributed by atoms with van der Waals surface area (Å²) in [6.45, 7) is 2.71. The number of ether oxygens (including phenoxy) is 1. The van der Waals surface area contributed by atoms with Crippen LogP contribution in [0.25, 0.3) is 0 Å². The zero-order valence-electron chi connectivity index (χ0n) is 12.3. The number of rotatable bonds is 5.